The molecule has 2 atom stereocenters. The van der Waals surface area contributed by atoms with Crippen molar-refractivity contribution in [3.63, 3.8) is 0 Å². The smallest absolute Gasteiger partial charge is 0.336 e. The van der Waals surface area contributed by atoms with E-state index in [0.717, 1.165) is 5.56 Å². The molecule has 0 aromatic heterocycles. The first-order valence-corrected chi connectivity index (χ1v) is 9.29. The Labute approximate surface area is 165 Å². The average Bonchev–Trinajstić information content (AvgIpc) is 2.61. The first-order valence-electron chi connectivity index (χ1n) is 9.29. The van der Waals surface area contributed by atoms with E-state index in [9.17, 15) is 19.5 Å². The highest BCUT2D eigenvalue weighted by molar-refractivity contribution is 6.08. The molecule has 0 aliphatic carbocycles. The molecule has 0 spiro atoms. The number of ether oxygens (including phenoxy) is 1. The van der Waals surface area contributed by atoms with E-state index in [1.54, 1.807) is 20.8 Å². The van der Waals surface area contributed by atoms with Gasteiger partial charge in [0.25, 0.3) is 5.91 Å². The van der Waals surface area contributed by atoms with Crippen molar-refractivity contribution >= 4 is 17.8 Å². The summed E-state index contributed by atoms with van der Waals surface area (Å²) < 4.78 is 5.28. The van der Waals surface area contributed by atoms with Gasteiger partial charge in [-0.2, -0.15) is 0 Å². The van der Waals surface area contributed by atoms with E-state index in [2.05, 4.69) is 5.32 Å². The maximum atomic E-state index is 12.8. The van der Waals surface area contributed by atoms with Crippen molar-refractivity contribution in [2.45, 2.75) is 63.6 Å². The van der Waals surface area contributed by atoms with E-state index in [1.807, 2.05) is 30.3 Å². The highest BCUT2D eigenvalue weighted by atomic mass is 16.6. The molecule has 1 aromatic rings. The lowest BCUT2D eigenvalue weighted by atomic mass is 9.92. The highest BCUT2D eigenvalue weighted by Gasteiger charge is 2.45. The predicted octanol–water partition coefficient (Wildman–Crippen LogP) is 0.967. The Morgan fingerprint density at radius 3 is 2.29 bits per heavy atom. The second-order valence-electron chi connectivity index (χ2n) is 7.75. The Morgan fingerprint density at radius 1 is 1.18 bits per heavy atom. The maximum Gasteiger partial charge on any atom is 0.336 e. The molecule has 0 radical (unpaired) electrons. The molecule has 0 aliphatic rings. The summed E-state index contributed by atoms with van der Waals surface area (Å²) in [6, 6.07) is 8.12. The van der Waals surface area contributed by atoms with Crippen LogP contribution < -0.4 is 16.8 Å². The number of amides is 1. The topological polar surface area (TPSA) is 145 Å². The molecule has 1 rings (SSSR count). The molecule has 0 aliphatic heterocycles. The number of aliphatic carboxylic acids is 1. The summed E-state index contributed by atoms with van der Waals surface area (Å²) in [7, 11) is 0. The lowest BCUT2D eigenvalue weighted by Gasteiger charge is -2.31. The quantitative estimate of drug-likeness (QED) is 0.342. The number of carbonyl (C=O) groups is 3. The number of nitrogens with two attached hydrogens (primary N) is 2. The van der Waals surface area contributed by atoms with Crippen molar-refractivity contribution in [3.05, 3.63) is 35.9 Å². The monoisotopic (exact) mass is 393 g/mol. The van der Waals surface area contributed by atoms with Crippen LogP contribution in [0.2, 0.25) is 0 Å². The van der Waals surface area contributed by atoms with Crippen molar-refractivity contribution in [2.75, 3.05) is 6.54 Å². The second kappa shape index (κ2) is 10.2. The molecule has 0 bridgehead atoms. The third-order valence-electron chi connectivity index (χ3n) is 4.11. The second-order valence-corrected chi connectivity index (χ2v) is 7.75. The standard InChI is InChI=1S/C20H31N3O5/c1-19(2,3)28-18(27)20(22,12-7-13-21)17(26)23-15(16(24)25)11-10-14-8-5-4-6-9-14/h4-6,8-9,15H,7,10-13,21-22H2,1-3H3,(H,23,26)(H,24,25)/t15-,20+/m1/s1. The Kier molecular flexibility index (Phi) is 8.59. The van der Waals surface area contributed by atoms with E-state index in [-0.39, 0.29) is 19.4 Å². The molecule has 0 heterocycles. The zero-order chi connectivity index (χ0) is 21.4. The molecular formula is C20H31N3O5. The fourth-order valence-electron chi connectivity index (χ4n) is 2.56. The molecule has 0 saturated heterocycles. The van der Waals surface area contributed by atoms with E-state index < -0.39 is 35.0 Å². The third kappa shape index (κ3) is 7.28. The van der Waals surface area contributed by atoms with Crippen LogP contribution in [0.1, 0.15) is 45.6 Å². The summed E-state index contributed by atoms with van der Waals surface area (Å²) in [5.41, 5.74) is 9.68. The summed E-state index contributed by atoms with van der Waals surface area (Å²) in [6.07, 6.45) is 0.872. The zero-order valence-electron chi connectivity index (χ0n) is 16.7. The third-order valence-corrected chi connectivity index (χ3v) is 4.11. The predicted molar refractivity (Wildman–Crippen MR) is 105 cm³/mol. The summed E-state index contributed by atoms with van der Waals surface area (Å²) >= 11 is 0. The fourth-order valence-corrected chi connectivity index (χ4v) is 2.56. The maximum absolute atomic E-state index is 12.8. The van der Waals surface area contributed by atoms with Crippen molar-refractivity contribution in [3.8, 4) is 0 Å². The number of carboxylic acids is 1. The first kappa shape index (κ1) is 23.6. The molecule has 0 fully saturated rings. The molecule has 8 nitrogen and oxygen atoms in total. The number of esters is 1. The molecule has 1 aromatic carbocycles. The van der Waals surface area contributed by atoms with Gasteiger partial charge >= 0.3 is 11.9 Å². The average molecular weight is 393 g/mol. The molecule has 1 amide bonds. The molecule has 28 heavy (non-hydrogen) atoms. The van der Waals surface area contributed by atoms with Crippen LogP contribution in [0, 0.1) is 0 Å². The van der Waals surface area contributed by atoms with E-state index in [1.165, 1.54) is 0 Å². The van der Waals surface area contributed by atoms with Gasteiger partial charge in [-0.05, 0) is 58.6 Å². The Hall–Kier alpha value is -2.45. The van der Waals surface area contributed by atoms with Crippen molar-refractivity contribution < 1.29 is 24.2 Å². The minimum Gasteiger partial charge on any atom is -0.480 e. The molecule has 0 unspecified atom stereocenters. The van der Waals surface area contributed by atoms with Crippen LogP contribution in [0.15, 0.2) is 30.3 Å². The van der Waals surface area contributed by atoms with Crippen molar-refractivity contribution in [1.82, 2.24) is 5.32 Å². The van der Waals surface area contributed by atoms with Gasteiger partial charge in [0.15, 0.2) is 5.54 Å². The van der Waals surface area contributed by atoms with Gasteiger partial charge in [-0.25, -0.2) is 9.59 Å². The summed E-state index contributed by atoms with van der Waals surface area (Å²) in [5.74, 6) is -2.98. The number of carbonyl (C=O) groups excluding carboxylic acids is 2. The van der Waals surface area contributed by atoms with Gasteiger partial charge in [0, 0.05) is 0 Å². The Bertz CT molecular complexity index is 672. The molecule has 156 valence electrons. The van der Waals surface area contributed by atoms with Crippen LogP contribution in [0.4, 0.5) is 0 Å². The number of nitrogens with one attached hydrogen (secondary N) is 1. The highest BCUT2D eigenvalue weighted by Crippen LogP contribution is 2.18. The molecule has 8 heteroatoms. The normalized spacial score (nSPS) is 14.6. The number of benzene rings is 1. The summed E-state index contributed by atoms with van der Waals surface area (Å²) in [5, 5.41) is 11.9. The minimum absolute atomic E-state index is 0.0464. The van der Waals surface area contributed by atoms with Crippen LogP contribution in [0.5, 0.6) is 0 Å². The molecular weight excluding hydrogens is 362 g/mol. The van der Waals surface area contributed by atoms with Gasteiger partial charge in [-0.1, -0.05) is 30.3 Å². The van der Waals surface area contributed by atoms with Gasteiger partial charge in [-0.15, -0.1) is 0 Å². The lowest BCUT2D eigenvalue weighted by molar-refractivity contribution is -0.165. The summed E-state index contributed by atoms with van der Waals surface area (Å²) in [4.78, 5) is 36.9. The van der Waals surface area contributed by atoms with Gasteiger partial charge in [0.1, 0.15) is 11.6 Å². The number of hydrogen-bond acceptors (Lipinski definition) is 6. The van der Waals surface area contributed by atoms with Crippen LogP contribution in [0.3, 0.4) is 0 Å². The Balaban J connectivity index is 2.92. The summed E-state index contributed by atoms with van der Waals surface area (Å²) in [6.45, 7) is 5.20. The van der Waals surface area contributed by atoms with E-state index in [4.69, 9.17) is 16.2 Å². The SMILES string of the molecule is CC(C)(C)OC(=O)[C@](N)(CCCN)C(=O)N[C@H](CCc1ccccc1)C(=O)O. The lowest BCUT2D eigenvalue weighted by Crippen LogP contribution is -2.63. The number of hydrogen-bond donors (Lipinski definition) is 4. The minimum atomic E-state index is -2.01. The van der Waals surface area contributed by atoms with E-state index in [0.29, 0.717) is 12.8 Å². The Morgan fingerprint density at radius 2 is 1.79 bits per heavy atom. The van der Waals surface area contributed by atoms with Gasteiger partial charge in [0.2, 0.25) is 0 Å². The van der Waals surface area contributed by atoms with Gasteiger partial charge < -0.3 is 26.6 Å². The number of aryl methyl sites for hydroxylation is 1. The zero-order valence-corrected chi connectivity index (χ0v) is 16.7. The van der Waals surface area contributed by atoms with Crippen molar-refractivity contribution in [2.24, 2.45) is 11.5 Å². The largest absolute Gasteiger partial charge is 0.480 e. The number of carboxylic acid groups (broad SMARTS) is 1. The fraction of sp³-hybridized carbons (Fsp3) is 0.550. The van der Waals surface area contributed by atoms with Gasteiger partial charge in [0.05, 0.1) is 0 Å². The van der Waals surface area contributed by atoms with Crippen LogP contribution in [-0.4, -0.2) is 46.7 Å². The van der Waals surface area contributed by atoms with Gasteiger partial charge in [-0.3, -0.25) is 4.79 Å². The molecule has 6 N–H and O–H groups in total. The van der Waals surface area contributed by atoms with Crippen LogP contribution >= 0.6 is 0 Å². The van der Waals surface area contributed by atoms with E-state index >= 15 is 0 Å². The van der Waals surface area contributed by atoms with Crippen LogP contribution in [0.25, 0.3) is 0 Å². The first-order chi connectivity index (χ1) is 13.0. The molecule has 0 saturated carbocycles. The van der Waals surface area contributed by atoms with Crippen molar-refractivity contribution in [1.29, 1.82) is 0 Å². The number of rotatable bonds is 10. The van der Waals surface area contributed by atoms with Crippen LogP contribution in [-0.2, 0) is 25.5 Å².